The Balaban J connectivity index is 2.21. The molecule has 1 aromatic rings. The minimum atomic E-state index is -4.50. The van der Waals surface area contributed by atoms with Crippen molar-refractivity contribution in [3.05, 3.63) is 17.0 Å². The van der Waals surface area contributed by atoms with Gasteiger partial charge in [-0.3, -0.25) is 0 Å². The molecule has 0 aromatic carbocycles. The largest absolute Gasteiger partial charge is 0.433 e. The third-order valence-corrected chi connectivity index (χ3v) is 3.09. The number of hydrogen-bond donors (Lipinski definition) is 0. The summed E-state index contributed by atoms with van der Waals surface area (Å²) in [6.45, 7) is 1.04. The number of nitrogens with zero attached hydrogens (tertiary/aromatic N) is 2. The summed E-state index contributed by atoms with van der Waals surface area (Å²) in [5.74, 6) is 0. The highest BCUT2D eigenvalue weighted by atomic mass is 35.5. The molecule has 1 aliphatic rings. The summed E-state index contributed by atoms with van der Waals surface area (Å²) in [6.07, 6.45) is -4.50. The first-order chi connectivity index (χ1) is 7.45. The van der Waals surface area contributed by atoms with Crippen molar-refractivity contribution in [2.45, 2.75) is 16.5 Å². The van der Waals surface area contributed by atoms with Crippen LogP contribution in [0.15, 0.2) is 11.1 Å². The Kier molecular flexibility index (Phi) is 3.27. The van der Waals surface area contributed by atoms with Gasteiger partial charge in [0.15, 0.2) is 5.69 Å². The molecule has 2 rings (SSSR count). The van der Waals surface area contributed by atoms with E-state index in [4.69, 9.17) is 16.3 Å². The second-order valence-electron chi connectivity index (χ2n) is 3.14. The number of ether oxygens (including phenoxy) is 1. The molecule has 0 unspecified atom stereocenters. The third kappa shape index (κ3) is 2.78. The Labute approximate surface area is 98.4 Å². The van der Waals surface area contributed by atoms with E-state index in [1.54, 1.807) is 0 Å². The van der Waals surface area contributed by atoms with Crippen LogP contribution in [0.25, 0.3) is 0 Å². The maximum Gasteiger partial charge on any atom is 0.433 e. The predicted octanol–water partition coefficient (Wildman–Crippen LogP) is 2.64. The van der Waals surface area contributed by atoms with Gasteiger partial charge in [-0.05, 0) is 11.6 Å². The van der Waals surface area contributed by atoms with Gasteiger partial charge in [0, 0.05) is 6.07 Å². The van der Waals surface area contributed by atoms with Crippen LogP contribution >= 0.6 is 23.4 Å². The molecule has 0 atom stereocenters. The van der Waals surface area contributed by atoms with E-state index in [0.29, 0.717) is 13.2 Å². The fourth-order valence-corrected chi connectivity index (χ4v) is 2.28. The first-order valence-electron chi connectivity index (χ1n) is 4.31. The smallest absolute Gasteiger partial charge is 0.379 e. The van der Waals surface area contributed by atoms with E-state index in [2.05, 4.69) is 9.97 Å². The predicted molar refractivity (Wildman–Crippen MR) is 52.5 cm³/mol. The molecule has 0 bridgehead atoms. The van der Waals surface area contributed by atoms with Gasteiger partial charge in [-0.1, -0.05) is 11.8 Å². The number of rotatable bonds is 2. The maximum absolute atomic E-state index is 12.4. The zero-order valence-electron chi connectivity index (χ0n) is 7.79. The normalized spacial score (nSPS) is 17.2. The fraction of sp³-hybridized carbons (Fsp3) is 0.500. The van der Waals surface area contributed by atoms with Crippen molar-refractivity contribution in [3.8, 4) is 0 Å². The molecule has 3 nitrogen and oxygen atoms in total. The Morgan fingerprint density at radius 2 is 2.06 bits per heavy atom. The van der Waals surface area contributed by atoms with E-state index in [0.717, 1.165) is 6.07 Å². The molecule has 0 amide bonds. The highest BCUT2D eigenvalue weighted by Gasteiger charge is 2.34. The molecule has 88 valence electrons. The second kappa shape index (κ2) is 4.38. The number of halogens is 4. The van der Waals surface area contributed by atoms with Gasteiger partial charge in [-0.15, -0.1) is 0 Å². The van der Waals surface area contributed by atoms with E-state index in [9.17, 15) is 13.2 Å². The first-order valence-corrected chi connectivity index (χ1v) is 5.57. The minimum Gasteiger partial charge on any atom is -0.379 e. The molecule has 1 aromatic heterocycles. The van der Waals surface area contributed by atoms with Crippen LogP contribution in [0.3, 0.4) is 0 Å². The van der Waals surface area contributed by atoms with Crippen LogP contribution in [-0.4, -0.2) is 28.4 Å². The third-order valence-electron chi connectivity index (χ3n) is 1.86. The van der Waals surface area contributed by atoms with Gasteiger partial charge in [0.25, 0.3) is 0 Å². The Bertz CT molecular complexity index is 397. The zero-order valence-corrected chi connectivity index (χ0v) is 9.36. The molecule has 1 fully saturated rings. The van der Waals surface area contributed by atoms with E-state index in [1.807, 2.05) is 0 Å². The van der Waals surface area contributed by atoms with Crippen molar-refractivity contribution in [2.24, 2.45) is 0 Å². The van der Waals surface area contributed by atoms with Gasteiger partial charge < -0.3 is 4.74 Å². The molecule has 0 N–H and O–H groups in total. The van der Waals surface area contributed by atoms with Crippen LogP contribution in [0.2, 0.25) is 5.28 Å². The molecule has 2 heterocycles. The average molecular weight is 271 g/mol. The molecule has 0 spiro atoms. The quantitative estimate of drug-likeness (QED) is 0.611. The second-order valence-corrected chi connectivity index (χ2v) is 4.79. The van der Waals surface area contributed by atoms with E-state index in [-0.39, 0.29) is 10.3 Å². The van der Waals surface area contributed by atoms with Crippen LogP contribution < -0.4 is 0 Å². The lowest BCUT2D eigenvalue weighted by atomic mass is 10.4. The minimum absolute atomic E-state index is 0.145. The lowest BCUT2D eigenvalue weighted by Crippen LogP contribution is -2.30. The average Bonchev–Trinajstić information content (AvgIpc) is 2.09. The Morgan fingerprint density at radius 1 is 1.38 bits per heavy atom. The van der Waals surface area contributed by atoms with Crippen molar-refractivity contribution in [3.63, 3.8) is 0 Å². The van der Waals surface area contributed by atoms with Crippen LogP contribution in [0, 0.1) is 0 Å². The fourth-order valence-electron chi connectivity index (χ4n) is 1.06. The van der Waals surface area contributed by atoms with E-state index in [1.165, 1.54) is 11.8 Å². The van der Waals surface area contributed by atoms with Crippen molar-refractivity contribution >= 4 is 23.4 Å². The van der Waals surface area contributed by atoms with Gasteiger partial charge in [-0.25, -0.2) is 9.97 Å². The van der Waals surface area contributed by atoms with Crippen LogP contribution in [0.1, 0.15) is 5.69 Å². The molecule has 0 radical (unpaired) electrons. The number of aromatic nitrogens is 2. The van der Waals surface area contributed by atoms with Gasteiger partial charge >= 0.3 is 6.18 Å². The SMILES string of the molecule is FC(F)(F)c1cc(SC2COC2)nc(Cl)n1. The summed E-state index contributed by atoms with van der Waals surface area (Å²) in [7, 11) is 0. The van der Waals surface area contributed by atoms with Crippen molar-refractivity contribution in [2.75, 3.05) is 13.2 Å². The maximum atomic E-state index is 12.4. The van der Waals surface area contributed by atoms with Crippen molar-refractivity contribution in [1.29, 1.82) is 0 Å². The topological polar surface area (TPSA) is 35.0 Å². The van der Waals surface area contributed by atoms with E-state index >= 15 is 0 Å². The molecule has 0 saturated carbocycles. The van der Waals surface area contributed by atoms with E-state index < -0.39 is 17.2 Å². The Morgan fingerprint density at radius 3 is 2.56 bits per heavy atom. The summed E-state index contributed by atoms with van der Waals surface area (Å²) in [4.78, 5) is 6.87. The highest BCUT2D eigenvalue weighted by Crippen LogP contribution is 2.33. The van der Waals surface area contributed by atoms with Gasteiger partial charge in [-0.2, -0.15) is 13.2 Å². The number of thioether (sulfide) groups is 1. The van der Waals surface area contributed by atoms with Crippen LogP contribution in [0.5, 0.6) is 0 Å². The van der Waals surface area contributed by atoms with Crippen LogP contribution in [0.4, 0.5) is 13.2 Å². The monoisotopic (exact) mass is 270 g/mol. The van der Waals surface area contributed by atoms with Gasteiger partial charge in [0.05, 0.1) is 18.5 Å². The molecule has 0 aliphatic carbocycles. The summed E-state index contributed by atoms with van der Waals surface area (Å²) in [6, 6.07) is 0.898. The standard InChI is InChI=1S/C8H6ClF3N2OS/c9-7-13-5(8(10,11)12)1-6(14-7)16-4-2-15-3-4/h1,4H,2-3H2. The molecular formula is C8H6ClF3N2OS. The van der Waals surface area contributed by atoms with Gasteiger partial charge in [0.2, 0.25) is 5.28 Å². The van der Waals surface area contributed by atoms with Crippen molar-refractivity contribution < 1.29 is 17.9 Å². The zero-order chi connectivity index (χ0) is 11.8. The van der Waals surface area contributed by atoms with Gasteiger partial charge in [0.1, 0.15) is 5.03 Å². The van der Waals surface area contributed by atoms with Crippen LogP contribution in [-0.2, 0) is 10.9 Å². The number of hydrogen-bond acceptors (Lipinski definition) is 4. The Hall–Kier alpha value is -0.530. The summed E-state index contributed by atoms with van der Waals surface area (Å²) in [5.41, 5.74) is -1.02. The highest BCUT2D eigenvalue weighted by molar-refractivity contribution is 8.00. The lowest BCUT2D eigenvalue weighted by molar-refractivity contribution is -0.141. The first kappa shape index (κ1) is 11.9. The number of alkyl halides is 3. The molecule has 16 heavy (non-hydrogen) atoms. The molecule has 1 aliphatic heterocycles. The summed E-state index contributed by atoms with van der Waals surface area (Å²) < 4.78 is 42.1. The summed E-state index contributed by atoms with van der Waals surface area (Å²) >= 11 is 6.65. The molecular weight excluding hydrogens is 265 g/mol. The lowest BCUT2D eigenvalue weighted by Gasteiger charge is -2.24. The van der Waals surface area contributed by atoms with Crippen molar-refractivity contribution in [1.82, 2.24) is 9.97 Å². The molecule has 8 heteroatoms. The summed E-state index contributed by atoms with van der Waals surface area (Å²) in [5, 5.41) is -0.0229. The molecule has 1 saturated heterocycles.